The minimum absolute atomic E-state index is 0.344. The number of benzene rings is 1. The number of carbonyl (C=O) groups is 1. The highest BCUT2D eigenvalue weighted by molar-refractivity contribution is 9.10. The van der Waals surface area contributed by atoms with E-state index in [1.54, 1.807) is 22.9 Å². The number of halogens is 1. The number of hydrogen-bond donors (Lipinski definition) is 1. The zero-order valence-corrected chi connectivity index (χ0v) is 10.8. The Balaban J connectivity index is 2.49. The van der Waals surface area contributed by atoms with Gasteiger partial charge in [-0.25, -0.2) is 8.42 Å². The van der Waals surface area contributed by atoms with Gasteiger partial charge in [-0.2, -0.15) is 0 Å². The summed E-state index contributed by atoms with van der Waals surface area (Å²) in [5.74, 6) is -0.222. The van der Waals surface area contributed by atoms with Crippen LogP contribution >= 0.6 is 15.9 Å². The molecule has 0 radical (unpaired) electrons. The lowest BCUT2D eigenvalue weighted by Gasteiger charge is -2.06. The van der Waals surface area contributed by atoms with E-state index in [9.17, 15) is 13.2 Å². The molecule has 5 nitrogen and oxygen atoms in total. The molecule has 1 N–H and O–H groups in total. The minimum Gasteiger partial charge on any atom is -0.484 e. The molecule has 1 rings (SSSR count). The molecule has 0 aliphatic carbocycles. The van der Waals surface area contributed by atoms with Crippen molar-refractivity contribution in [1.29, 1.82) is 0 Å². The molecule has 1 aromatic rings. The summed E-state index contributed by atoms with van der Waals surface area (Å²) in [5, 5.41) is 0. The van der Waals surface area contributed by atoms with Gasteiger partial charge in [-0.3, -0.25) is 9.52 Å². The van der Waals surface area contributed by atoms with E-state index < -0.39 is 15.9 Å². The van der Waals surface area contributed by atoms with Crippen LogP contribution in [0.5, 0.6) is 5.75 Å². The SMILES string of the molecule is CS(=O)(=O)NC(=O)COc1cccc(Br)c1. The first-order valence-electron chi connectivity index (χ1n) is 4.26. The Morgan fingerprint density at radius 2 is 2.19 bits per heavy atom. The van der Waals surface area contributed by atoms with Gasteiger partial charge in [0, 0.05) is 4.47 Å². The lowest BCUT2D eigenvalue weighted by atomic mass is 10.3. The molecule has 0 aliphatic rings. The summed E-state index contributed by atoms with van der Waals surface area (Å²) in [4.78, 5) is 11.1. The summed E-state index contributed by atoms with van der Waals surface area (Å²) in [7, 11) is -3.52. The third kappa shape index (κ3) is 5.13. The number of rotatable bonds is 4. The Hall–Kier alpha value is -1.08. The molecule has 0 bridgehead atoms. The van der Waals surface area contributed by atoms with E-state index in [1.807, 2.05) is 6.07 Å². The smallest absolute Gasteiger partial charge is 0.271 e. The maximum atomic E-state index is 11.1. The quantitative estimate of drug-likeness (QED) is 0.897. The Labute approximate surface area is 102 Å². The van der Waals surface area contributed by atoms with Gasteiger partial charge in [-0.15, -0.1) is 0 Å². The average Bonchev–Trinajstić information content (AvgIpc) is 2.12. The predicted octanol–water partition coefficient (Wildman–Crippen LogP) is 0.904. The predicted molar refractivity (Wildman–Crippen MR) is 62.6 cm³/mol. The van der Waals surface area contributed by atoms with Crippen LogP contribution in [0.4, 0.5) is 0 Å². The number of nitrogens with one attached hydrogen (secondary N) is 1. The van der Waals surface area contributed by atoms with Crippen molar-refractivity contribution in [1.82, 2.24) is 4.72 Å². The standard InChI is InChI=1S/C9H10BrNO4S/c1-16(13,14)11-9(12)6-15-8-4-2-3-7(10)5-8/h2-5H,6H2,1H3,(H,11,12). The van der Waals surface area contributed by atoms with E-state index in [2.05, 4.69) is 15.9 Å². The van der Waals surface area contributed by atoms with Crippen LogP contribution in [0, 0.1) is 0 Å². The Morgan fingerprint density at radius 3 is 2.75 bits per heavy atom. The van der Waals surface area contributed by atoms with Gasteiger partial charge in [0.1, 0.15) is 5.75 Å². The second kappa shape index (κ2) is 5.31. The van der Waals surface area contributed by atoms with Crippen LogP contribution < -0.4 is 9.46 Å². The lowest BCUT2D eigenvalue weighted by molar-refractivity contribution is -0.121. The lowest BCUT2D eigenvalue weighted by Crippen LogP contribution is -2.33. The van der Waals surface area contributed by atoms with Gasteiger partial charge < -0.3 is 4.74 Å². The van der Waals surface area contributed by atoms with Crippen LogP contribution in [0.15, 0.2) is 28.7 Å². The molecule has 88 valence electrons. The first-order valence-corrected chi connectivity index (χ1v) is 6.94. The van der Waals surface area contributed by atoms with Crippen molar-refractivity contribution in [2.75, 3.05) is 12.9 Å². The molecule has 0 heterocycles. The van der Waals surface area contributed by atoms with Gasteiger partial charge in [0.2, 0.25) is 10.0 Å². The number of amides is 1. The monoisotopic (exact) mass is 307 g/mol. The van der Waals surface area contributed by atoms with Crippen molar-refractivity contribution in [3.63, 3.8) is 0 Å². The number of ether oxygens (including phenoxy) is 1. The molecule has 1 aromatic carbocycles. The fraction of sp³-hybridized carbons (Fsp3) is 0.222. The number of sulfonamides is 1. The van der Waals surface area contributed by atoms with Crippen LogP contribution in [0.1, 0.15) is 0 Å². The molecule has 0 saturated carbocycles. The largest absolute Gasteiger partial charge is 0.484 e. The van der Waals surface area contributed by atoms with Crippen LogP contribution in [0.25, 0.3) is 0 Å². The maximum absolute atomic E-state index is 11.1. The number of carbonyl (C=O) groups excluding carboxylic acids is 1. The highest BCUT2D eigenvalue weighted by Crippen LogP contribution is 2.17. The highest BCUT2D eigenvalue weighted by atomic mass is 79.9. The van der Waals surface area contributed by atoms with Gasteiger partial charge in [0.05, 0.1) is 6.26 Å². The average molecular weight is 308 g/mol. The molecule has 0 aromatic heterocycles. The molecule has 0 atom stereocenters. The summed E-state index contributed by atoms with van der Waals surface area (Å²) in [6.07, 6.45) is 0.907. The highest BCUT2D eigenvalue weighted by Gasteiger charge is 2.08. The Kier molecular flexibility index (Phi) is 4.31. The van der Waals surface area contributed by atoms with Gasteiger partial charge in [-0.05, 0) is 18.2 Å². The molecule has 0 unspecified atom stereocenters. The third-order valence-electron chi connectivity index (χ3n) is 1.47. The first-order chi connectivity index (χ1) is 7.37. The molecular weight excluding hydrogens is 298 g/mol. The maximum Gasteiger partial charge on any atom is 0.271 e. The summed E-state index contributed by atoms with van der Waals surface area (Å²) in [6, 6.07) is 6.89. The molecule has 16 heavy (non-hydrogen) atoms. The van der Waals surface area contributed by atoms with Crippen LogP contribution in [0.3, 0.4) is 0 Å². The van der Waals surface area contributed by atoms with E-state index in [0.29, 0.717) is 5.75 Å². The van der Waals surface area contributed by atoms with E-state index >= 15 is 0 Å². The summed E-state index contributed by atoms with van der Waals surface area (Å²) in [6.45, 7) is -0.344. The van der Waals surface area contributed by atoms with E-state index in [0.717, 1.165) is 10.7 Å². The van der Waals surface area contributed by atoms with Gasteiger partial charge in [-0.1, -0.05) is 22.0 Å². The molecule has 1 amide bonds. The fourth-order valence-electron chi connectivity index (χ4n) is 0.942. The van der Waals surface area contributed by atoms with Gasteiger partial charge in [0.15, 0.2) is 6.61 Å². The van der Waals surface area contributed by atoms with Gasteiger partial charge >= 0.3 is 0 Å². The zero-order valence-electron chi connectivity index (χ0n) is 8.44. The molecule has 0 fully saturated rings. The van der Waals surface area contributed by atoms with Crippen molar-refractivity contribution >= 4 is 31.9 Å². The van der Waals surface area contributed by atoms with Crippen LogP contribution in [-0.2, 0) is 14.8 Å². The Morgan fingerprint density at radius 1 is 1.50 bits per heavy atom. The molecule has 0 saturated heterocycles. The normalized spacial score (nSPS) is 10.9. The van der Waals surface area contributed by atoms with Crippen LogP contribution in [0.2, 0.25) is 0 Å². The minimum atomic E-state index is -3.52. The van der Waals surface area contributed by atoms with Crippen LogP contribution in [-0.4, -0.2) is 27.2 Å². The third-order valence-corrected chi connectivity index (χ3v) is 2.56. The second-order valence-electron chi connectivity index (χ2n) is 3.04. The van der Waals surface area contributed by atoms with Crippen molar-refractivity contribution in [3.8, 4) is 5.75 Å². The van der Waals surface area contributed by atoms with Crippen molar-refractivity contribution in [2.24, 2.45) is 0 Å². The first kappa shape index (κ1) is 13.0. The molecule has 0 spiro atoms. The van der Waals surface area contributed by atoms with Crippen molar-refractivity contribution < 1.29 is 17.9 Å². The van der Waals surface area contributed by atoms with Crippen molar-refractivity contribution in [2.45, 2.75) is 0 Å². The molecular formula is C9H10BrNO4S. The van der Waals surface area contributed by atoms with Crippen molar-refractivity contribution in [3.05, 3.63) is 28.7 Å². The van der Waals surface area contributed by atoms with E-state index in [-0.39, 0.29) is 6.61 Å². The fourth-order valence-corrected chi connectivity index (χ4v) is 1.79. The van der Waals surface area contributed by atoms with Gasteiger partial charge in [0.25, 0.3) is 5.91 Å². The topological polar surface area (TPSA) is 72.5 Å². The Bertz CT molecular complexity index is 486. The van der Waals surface area contributed by atoms with E-state index in [1.165, 1.54) is 0 Å². The summed E-state index contributed by atoms with van der Waals surface area (Å²) < 4.78 is 29.1. The summed E-state index contributed by atoms with van der Waals surface area (Å²) >= 11 is 3.24. The zero-order chi connectivity index (χ0) is 12.2. The number of hydrogen-bond acceptors (Lipinski definition) is 4. The second-order valence-corrected chi connectivity index (χ2v) is 5.71. The summed E-state index contributed by atoms with van der Waals surface area (Å²) in [5.41, 5.74) is 0. The van der Waals surface area contributed by atoms with E-state index in [4.69, 9.17) is 4.74 Å². The molecule has 0 aliphatic heterocycles. The molecule has 7 heteroatoms.